The van der Waals surface area contributed by atoms with Crippen LogP contribution in [0.15, 0.2) is 36.1 Å². The smallest absolute Gasteiger partial charge is 0.124 e. The molecule has 1 atom stereocenters. The third-order valence-electron chi connectivity index (χ3n) is 1.82. The maximum atomic E-state index is 5.16. The van der Waals surface area contributed by atoms with Crippen LogP contribution in [-0.2, 0) is 9.47 Å². The lowest BCUT2D eigenvalue weighted by atomic mass is 10.2. The van der Waals surface area contributed by atoms with E-state index in [4.69, 9.17) is 9.47 Å². The molecule has 1 unspecified atom stereocenters. The van der Waals surface area contributed by atoms with Gasteiger partial charge in [0.2, 0.25) is 0 Å². The minimum absolute atomic E-state index is 0.0149. The molecule has 0 aromatic carbocycles. The molecule has 0 heterocycles. The van der Waals surface area contributed by atoms with E-state index in [1.54, 1.807) is 20.3 Å². The average molecular weight is 182 g/mol. The summed E-state index contributed by atoms with van der Waals surface area (Å²) in [5.41, 5.74) is 1.10. The molecule has 2 nitrogen and oxygen atoms in total. The first kappa shape index (κ1) is 12.0. The Labute approximate surface area is 80.5 Å². The van der Waals surface area contributed by atoms with E-state index < -0.39 is 0 Å². The maximum absolute atomic E-state index is 5.16. The van der Waals surface area contributed by atoms with E-state index in [9.17, 15) is 0 Å². The van der Waals surface area contributed by atoms with Gasteiger partial charge in [0.05, 0.1) is 7.11 Å². The minimum atomic E-state index is -0.0149. The molecule has 74 valence electrons. The van der Waals surface area contributed by atoms with Gasteiger partial charge in [-0.05, 0) is 19.9 Å². The van der Waals surface area contributed by atoms with Gasteiger partial charge in [0, 0.05) is 7.11 Å². The molecule has 0 saturated carbocycles. The van der Waals surface area contributed by atoms with Gasteiger partial charge in [-0.1, -0.05) is 24.3 Å². The van der Waals surface area contributed by atoms with Crippen LogP contribution in [-0.4, -0.2) is 20.3 Å². The Morgan fingerprint density at radius 2 is 1.92 bits per heavy atom. The lowest BCUT2D eigenvalue weighted by molar-refractivity contribution is 0.0917. The number of hydrogen-bond acceptors (Lipinski definition) is 2. The van der Waals surface area contributed by atoms with Crippen molar-refractivity contribution in [2.24, 2.45) is 0 Å². The molecule has 0 aliphatic carbocycles. The quantitative estimate of drug-likeness (QED) is 0.480. The third-order valence-corrected chi connectivity index (χ3v) is 1.82. The van der Waals surface area contributed by atoms with Crippen molar-refractivity contribution in [1.29, 1.82) is 0 Å². The molecule has 0 aromatic heterocycles. The van der Waals surface area contributed by atoms with Gasteiger partial charge < -0.3 is 9.47 Å². The summed E-state index contributed by atoms with van der Waals surface area (Å²) in [5.74, 6) is 0.809. The number of allylic oxidation sites excluding steroid dienone is 4. The fourth-order valence-electron chi connectivity index (χ4n) is 0.767. The second kappa shape index (κ2) is 6.49. The third kappa shape index (κ3) is 4.53. The van der Waals surface area contributed by atoms with E-state index in [2.05, 4.69) is 6.58 Å². The van der Waals surface area contributed by atoms with Crippen LogP contribution >= 0.6 is 0 Å². The summed E-state index contributed by atoms with van der Waals surface area (Å²) in [6.45, 7) is 7.58. The van der Waals surface area contributed by atoms with Crippen LogP contribution in [0.1, 0.15) is 13.8 Å². The van der Waals surface area contributed by atoms with Crippen LogP contribution < -0.4 is 0 Å². The molecular formula is C11H18O2. The Morgan fingerprint density at radius 1 is 1.31 bits per heavy atom. The molecule has 0 aliphatic heterocycles. The lowest BCUT2D eigenvalue weighted by Gasteiger charge is -2.11. The summed E-state index contributed by atoms with van der Waals surface area (Å²) in [7, 11) is 3.29. The largest absolute Gasteiger partial charge is 0.498 e. The number of hydrogen-bond donors (Lipinski definition) is 0. The fourth-order valence-corrected chi connectivity index (χ4v) is 0.767. The second-order valence-electron chi connectivity index (χ2n) is 2.77. The summed E-state index contributed by atoms with van der Waals surface area (Å²) in [4.78, 5) is 0. The highest BCUT2D eigenvalue weighted by atomic mass is 16.5. The first-order valence-corrected chi connectivity index (χ1v) is 4.23. The van der Waals surface area contributed by atoms with Gasteiger partial charge in [-0.3, -0.25) is 0 Å². The van der Waals surface area contributed by atoms with Crippen LogP contribution in [0.5, 0.6) is 0 Å². The van der Waals surface area contributed by atoms with E-state index in [0.29, 0.717) is 0 Å². The number of methoxy groups -OCH3 is 2. The second-order valence-corrected chi connectivity index (χ2v) is 2.77. The van der Waals surface area contributed by atoms with Crippen molar-refractivity contribution in [3.63, 3.8) is 0 Å². The highest BCUT2D eigenvalue weighted by Crippen LogP contribution is 2.07. The zero-order chi connectivity index (χ0) is 10.3. The molecule has 0 amide bonds. The molecule has 2 heteroatoms. The Kier molecular flexibility index (Phi) is 5.98. The summed E-state index contributed by atoms with van der Waals surface area (Å²) in [5, 5.41) is 0. The van der Waals surface area contributed by atoms with E-state index in [0.717, 1.165) is 11.3 Å². The maximum Gasteiger partial charge on any atom is 0.124 e. The molecule has 0 radical (unpaired) electrons. The lowest BCUT2D eigenvalue weighted by Crippen LogP contribution is -2.09. The SMILES string of the molecule is C=C/C(C)=C\C=C(\OC)C(C)OC. The van der Waals surface area contributed by atoms with E-state index in [-0.39, 0.29) is 6.10 Å². The van der Waals surface area contributed by atoms with Crippen molar-refractivity contribution in [3.05, 3.63) is 36.1 Å². The minimum Gasteiger partial charge on any atom is -0.498 e. The Balaban J connectivity index is 4.47. The van der Waals surface area contributed by atoms with Crippen molar-refractivity contribution in [2.45, 2.75) is 20.0 Å². The summed E-state index contributed by atoms with van der Waals surface area (Å²) in [6.07, 6.45) is 5.62. The van der Waals surface area contributed by atoms with Crippen molar-refractivity contribution in [1.82, 2.24) is 0 Å². The van der Waals surface area contributed by atoms with E-state index >= 15 is 0 Å². The molecular weight excluding hydrogens is 164 g/mol. The molecule has 0 saturated heterocycles. The van der Waals surface area contributed by atoms with Gasteiger partial charge in [0.1, 0.15) is 11.9 Å². The zero-order valence-electron chi connectivity index (χ0n) is 8.83. The summed E-state index contributed by atoms with van der Waals surface area (Å²) >= 11 is 0. The summed E-state index contributed by atoms with van der Waals surface area (Å²) < 4.78 is 10.3. The molecule has 0 spiro atoms. The van der Waals surface area contributed by atoms with Crippen LogP contribution in [0.2, 0.25) is 0 Å². The molecule has 0 aromatic rings. The normalized spacial score (nSPS) is 15.4. The van der Waals surface area contributed by atoms with E-state index in [1.807, 2.05) is 26.0 Å². The van der Waals surface area contributed by atoms with Gasteiger partial charge in [-0.15, -0.1) is 0 Å². The predicted molar refractivity (Wildman–Crippen MR) is 55.5 cm³/mol. The first-order chi connectivity index (χ1) is 6.15. The van der Waals surface area contributed by atoms with Crippen LogP contribution in [0.4, 0.5) is 0 Å². The predicted octanol–water partition coefficient (Wildman–Crippen LogP) is 2.68. The van der Waals surface area contributed by atoms with Gasteiger partial charge in [-0.2, -0.15) is 0 Å². The van der Waals surface area contributed by atoms with Gasteiger partial charge in [0.25, 0.3) is 0 Å². The molecule has 13 heavy (non-hydrogen) atoms. The zero-order valence-corrected chi connectivity index (χ0v) is 8.83. The van der Waals surface area contributed by atoms with Gasteiger partial charge >= 0.3 is 0 Å². The van der Waals surface area contributed by atoms with Crippen molar-refractivity contribution in [3.8, 4) is 0 Å². The number of rotatable bonds is 5. The van der Waals surface area contributed by atoms with Gasteiger partial charge in [0.15, 0.2) is 0 Å². The molecule has 0 N–H and O–H groups in total. The standard InChI is InChI=1S/C11H18O2/c1-6-9(2)7-8-11(13-5)10(3)12-4/h6-8,10H,1H2,2-5H3/b9-7-,11-8+. The van der Waals surface area contributed by atoms with Gasteiger partial charge in [-0.25, -0.2) is 0 Å². The van der Waals surface area contributed by atoms with Crippen LogP contribution in [0, 0.1) is 0 Å². The van der Waals surface area contributed by atoms with Crippen molar-refractivity contribution in [2.75, 3.05) is 14.2 Å². The number of ether oxygens (including phenoxy) is 2. The Morgan fingerprint density at radius 3 is 2.31 bits per heavy atom. The monoisotopic (exact) mass is 182 g/mol. The van der Waals surface area contributed by atoms with Crippen LogP contribution in [0.3, 0.4) is 0 Å². The topological polar surface area (TPSA) is 18.5 Å². The van der Waals surface area contributed by atoms with Crippen LogP contribution in [0.25, 0.3) is 0 Å². The molecule has 0 bridgehead atoms. The molecule has 0 rings (SSSR count). The Bertz CT molecular complexity index is 214. The average Bonchev–Trinajstić information content (AvgIpc) is 2.17. The summed E-state index contributed by atoms with van der Waals surface area (Å²) in [6, 6.07) is 0. The first-order valence-electron chi connectivity index (χ1n) is 4.23. The van der Waals surface area contributed by atoms with Crippen molar-refractivity contribution < 1.29 is 9.47 Å². The highest BCUT2D eigenvalue weighted by Gasteiger charge is 2.05. The van der Waals surface area contributed by atoms with E-state index in [1.165, 1.54) is 0 Å². The molecule has 0 aliphatic rings. The Hall–Kier alpha value is -1.02. The molecule has 0 fully saturated rings. The highest BCUT2D eigenvalue weighted by molar-refractivity contribution is 5.22. The van der Waals surface area contributed by atoms with Crippen molar-refractivity contribution >= 4 is 0 Å². The fraction of sp³-hybridized carbons (Fsp3) is 0.455.